The van der Waals surface area contributed by atoms with Crippen LogP contribution in [0.1, 0.15) is 17.9 Å². The van der Waals surface area contributed by atoms with Gasteiger partial charge in [0.2, 0.25) is 5.91 Å². The number of ether oxygens (including phenoxy) is 2. The fourth-order valence-electron chi connectivity index (χ4n) is 2.03. The molecule has 0 bridgehead atoms. The van der Waals surface area contributed by atoms with Gasteiger partial charge in [0.25, 0.3) is 0 Å². The van der Waals surface area contributed by atoms with E-state index in [2.05, 4.69) is 6.07 Å². The van der Waals surface area contributed by atoms with Gasteiger partial charge in [0.15, 0.2) is 0 Å². The Hall–Kier alpha value is -1.90. The molecular formula is C16H22N2O3. The van der Waals surface area contributed by atoms with Crippen LogP contribution < -0.4 is 0 Å². The molecule has 1 amide bonds. The minimum atomic E-state index is -0.773. The van der Waals surface area contributed by atoms with Crippen LogP contribution in [0.3, 0.4) is 0 Å². The average Bonchev–Trinajstić information content (AvgIpc) is 2.52. The lowest BCUT2D eigenvalue weighted by Crippen LogP contribution is -2.38. The summed E-state index contributed by atoms with van der Waals surface area (Å²) in [6.45, 7) is 2.07. The van der Waals surface area contributed by atoms with Gasteiger partial charge in [-0.1, -0.05) is 30.3 Å². The van der Waals surface area contributed by atoms with E-state index in [4.69, 9.17) is 9.47 Å². The van der Waals surface area contributed by atoms with Crippen molar-refractivity contribution in [1.82, 2.24) is 4.90 Å². The molecule has 1 aromatic rings. The average molecular weight is 290 g/mol. The molecule has 0 radical (unpaired) electrons. The fourth-order valence-corrected chi connectivity index (χ4v) is 2.03. The third kappa shape index (κ3) is 5.54. The summed E-state index contributed by atoms with van der Waals surface area (Å²) >= 11 is 0. The number of rotatable bonds is 9. The first-order valence-electron chi connectivity index (χ1n) is 6.95. The number of hydrogen-bond acceptors (Lipinski definition) is 4. The Morgan fingerprint density at radius 2 is 1.86 bits per heavy atom. The van der Waals surface area contributed by atoms with Crippen LogP contribution >= 0.6 is 0 Å². The zero-order valence-corrected chi connectivity index (χ0v) is 12.6. The molecule has 0 aromatic heterocycles. The number of carbonyl (C=O) groups excluding carboxylic acids is 1. The van der Waals surface area contributed by atoms with Crippen LogP contribution in [0.2, 0.25) is 0 Å². The highest BCUT2D eigenvalue weighted by Crippen LogP contribution is 2.17. The molecule has 0 aliphatic heterocycles. The van der Waals surface area contributed by atoms with Crippen LogP contribution in [0.25, 0.3) is 0 Å². The lowest BCUT2D eigenvalue weighted by Gasteiger charge is -2.24. The highest BCUT2D eigenvalue weighted by Gasteiger charge is 2.25. The largest absolute Gasteiger partial charge is 0.385 e. The molecule has 1 rings (SSSR count). The normalized spacial score (nSPS) is 11.7. The molecular weight excluding hydrogens is 268 g/mol. The van der Waals surface area contributed by atoms with Crippen molar-refractivity contribution < 1.29 is 14.3 Å². The van der Waals surface area contributed by atoms with E-state index in [1.165, 1.54) is 0 Å². The van der Waals surface area contributed by atoms with Crippen molar-refractivity contribution in [2.24, 2.45) is 0 Å². The highest BCUT2D eigenvalue weighted by atomic mass is 16.5. The smallest absolute Gasteiger partial charge is 0.244 e. The standard InChI is InChI=1S/C16H22N2O3/c1-20-11-6-9-18(10-12-21-2)16(19)15(13-17)14-7-4-3-5-8-14/h3-5,7-8,15H,6,9-12H2,1-2H3. The van der Waals surface area contributed by atoms with E-state index >= 15 is 0 Å². The summed E-state index contributed by atoms with van der Waals surface area (Å²) in [5.41, 5.74) is 0.721. The van der Waals surface area contributed by atoms with E-state index in [0.29, 0.717) is 26.3 Å². The fraction of sp³-hybridized carbons (Fsp3) is 0.500. The summed E-state index contributed by atoms with van der Waals surface area (Å²) in [6.07, 6.45) is 0.735. The summed E-state index contributed by atoms with van der Waals surface area (Å²) in [7, 11) is 3.22. The molecule has 0 fully saturated rings. The maximum absolute atomic E-state index is 12.6. The van der Waals surface area contributed by atoms with Crippen molar-refractivity contribution in [3.8, 4) is 6.07 Å². The minimum Gasteiger partial charge on any atom is -0.385 e. The van der Waals surface area contributed by atoms with Gasteiger partial charge in [-0.3, -0.25) is 4.79 Å². The van der Waals surface area contributed by atoms with Crippen molar-refractivity contribution in [1.29, 1.82) is 5.26 Å². The van der Waals surface area contributed by atoms with E-state index in [1.807, 2.05) is 18.2 Å². The molecule has 1 unspecified atom stereocenters. The van der Waals surface area contributed by atoms with Crippen LogP contribution in [0.15, 0.2) is 30.3 Å². The van der Waals surface area contributed by atoms with Crippen molar-refractivity contribution in [3.63, 3.8) is 0 Å². The van der Waals surface area contributed by atoms with Gasteiger partial charge in [0.1, 0.15) is 5.92 Å². The van der Waals surface area contributed by atoms with Gasteiger partial charge in [-0.25, -0.2) is 0 Å². The van der Waals surface area contributed by atoms with E-state index in [1.54, 1.807) is 31.3 Å². The number of benzene rings is 1. The van der Waals surface area contributed by atoms with E-state index in [9.17, 15) is 10.1 Å². The Morgan fingerprint density at radius 3 is 2.43 bits per heavy atom. The van der Waals surface area contributed by atoms with Gasteiger partial charge in [-0.15, -0.1) is 0 Å². The van der Waals surface area contributed by atoms with Crippen molar-refractivity contribution in [2.45, 2.75) is 12.3 Å². The van der Waals surface area contributed by atoms with Crippen LogP contribution in [0.5, 0.6) is 0 Å². The predicted octanol–water partition coefficient (Wildman–Crippen LogP) is 1.81. The minimum absolute atomic E-state index is 0.183. The maximum atomic E-state index is 12.6. The summed E-state index contributed by atoms with van der Waals surface area (Å²) in [5, 5.41) is 9.34. The van der Waals surface area contributed by atoms with E-state index < -0.39 is 5.92 Å². The lowest BCUT2D eigenvalue weighted by molar-refractivity contribution is -0.132. The first-order chi connectivity index (χ1) is 10.2. The molecule has 0 spiro atoms. The molecule has 0 saturated heterocycles. The van der Waals surface area contributed by atoms with Crippen molar-refractivity contribution in [3.05, 3.63) is 35.9 Å². The second-order valence-corrected chi connectivity index (χ2v) is 4.64. The molecule has 1 aromatic carbocycles. The quantitative estimate of drug-likeness (QED) is 0.651. The molecule has 0 heterocycles. The second kappa shape index (κ2) is 9.92. The second-order valence-electron chi connectivity index (χ2n) is 4.64. The van der Waals surface area contributed by atoms with Crippen LogP contribution in [-0.2, 0) is 14.3 Å². The topological polar surface area (TPSA) is 62.6 Å². The third-order valence-electron chi connectivity index (χ3n) is 3.16. The van der Waals surface area contributed by atoms with Crippen LogP contribution in [-0.4, -0.2) is 51.3 Å². The number of amides is 1. The predicted molar refractivity (Wildman–Crippen MR) is 79.7 cm³/mol. The van der Waals surface area contributed by atoms with Gasteiger partial charge in [0, 0.05) is 33.9 Å². The van der Waals surface area contributed by atoms with Crippen molar-refractivity contribution in [2.75, 3.05) is 40.5 Å². The number of nitrogens with zero attached hydrogens (tertiary/aromatic N) is 2. The number of nitriles is 1. The molecule has 0 saturated carbocycles. The van der Waals surface area contributed by atoms with Crippen LogP contribution in [0.4, 0.5) is 0 Å². The first-order valence-corrected chi connectivity index (χ1v) is 6.95. The Balaban J connectivity index is 2.78. The lowest BCUT2D eigenvalue weighted by atomic mass is 9.99. The molecule has 5 heteroatoms. The highest BCUT2D eigenvalue weighted by molar-refractivity contribution is 5.86. The summed E-state index contributed by atoms with van der Waals surface area (Å²) < 4.78 is 10.1. The zero-order chi connectivity index (χ0) is 15.5. The monoisotopic (exact) mass is 290 g/mol. The summed E-state index contributed by atoms with van der Waals surface area (Å²) in [5.74, 6) is -0.956. The van der Waals surface area contributed by atoms with Crippen LogP contribution in [0, 0.1) is 11.3 Å². The number of methoxy groups -OCH3 is 2. The molecule has 114 valence electrons. The molecule has 0 aliphatic rings. The molecule has 1 atom stereocenters. The molecule has 5 nitrogen and oxygen atoms in total. The number of hydrogen-bond donors (Lipinski definition) is 0. The Morgan fingerprint density at radius 1 is 1.19 bits per heavy atom. The Bertz CT molecular complexity index is 456. The van der Waals surface area contributed by atoms with Gasteiger partial charge in [0.05, 0.1) is 12.7 Å². The molecule has 0 N–H and O–H groups in total. The first kappa shape index (κ1) is 17.2. The van der Waals surface area contributed by atoms with Gasteiger partial charge < -0.3 is 14.4 Å². The third-order valence-corrected chi connectivity index (χ3v) is 3.16. The van der Waals surface area contributed by atoms with E-state index in [-0.39, 0.29) is 5.91 Å². The molecule has 0 aliphatic carbocycles. The Labute approximate surface area is 126 Å². The Kier molecular flexibility index (Phi) is 8.10. The molecule has 21 heavy (non-hydrogen) atoms. The zero-order valence-electron chi connectivity index (χ0n) is 12.6. The maximum Gasteiger partial charge on any atom is 0.244 e. The summed E-state index contributed by atoms with van der Waals surface area (Å²) in [4.78, 5) is 14.3. The van der Waals surface area contributed by atoms with Gasteiger partial charge in [-0.05, 0) is 12.0 Å². The van der Waals surface area contributed by atoms with Gasteiger partial charge >= 0.3 is 0 Å². The number of carbonyl (C=O) groups is 1. The van der Waals surface area contributed by atoms with Gasteiger partial charge in [-0.2, -0.15) is 5.26 Å². The summed E-state index contributed by atoms with van der Waals surface area (Å²) in [6, 6.07) is 11.2. The van der Waals surface area contributed by atoms with E-state index in [0.717, 1.165) is 12.0 Å². The SMILES string of the molecule is COCCCN(CCOC)C(=O)C(C#N)c1ccccc1. The van der Waals surface area contributed by atoms with Crippen molar-refractivity contribution >= 4 is 5.91 Å².